The first-order valence-corrected chi connectivity index (χ1v) is 5.64. The van der Waals surface area contributed by atoms with Crippen LogP contribution in [0, 0.1) is 12.3 Å². The van der Waals surface area contributed by atoms with Crippen molar-refractivity contribution in [1.29, 1.82) is 0 Å². The number of ether oxygens (including phenoxy) is 1. The van der Waals surface area contributed by atoms with Crippen LogP contribution < -0.4 is 10.6 Å². The van der Waals surface area contributed by atoms with Crippen LogP contribution in [0.15, 0.2) is 0 Å². The summed E-state index contributed by atoms with van der Waals surface area (Å²) in [6, 6.07) is -0.432. The number of carbonyl (C=O) groups is 1. The van der Waals surface area contributed by atoms with E-state index in [0.717, 1.165) is 0 Å². The van der Waals surface area contributed by atoms with Crippen LogP contribution in [0.5, 0.6) is 0 Å². The van der Waals surface area contributed by atoms with Gasteiger partial charge in [-0.15, -0.1) is 6.42 Å². The standard InChI is InChI=1S/C12H22N2O3/c1-6-8-13-10(15)9(7-2)14-11(16)17-12(3,4)5/h1,9-10,13,15H,7-8H2,2-5H3,(H,14,16)/t9-,10?/m1/s1. The number of rotatable bonds is 5. The third-order valence-corrected chi connectivity index (χ3v) is 1.94. The highest BCUT2D eigenvalue weighted by Gasteiger charge is 2.22. The highest BCUT2D eigenvalue weighted by atomic mass is 16.6. The predicted octanol–water partition coefficient (Wildman–Crippen LogP) is 0.831. The molecule has 0 aromatic rings. The summed E-state index contributed by atoms with van der Waals surface area (Å²) in [5.41, 5.74) is -0.556. The van der Waals surface area contributed by atoms with Crippen molar-refractivity contribution in [3.63, 3.8) is 0 Å². The normalized spacial score (nSPS) is 14.6. The number of aliphatic hydroxyl groups is 1. The van der Waals surface area contributed by atoms with E-state index >= 15 is 0 Å². The van der Waals surface area contributed by atoms with Gasteiger partial charge in [-0.25, -0.2) is 4.79 Å². The molecular weight excluding hydrogens is 220 g/mol. The zero-order valence-corrected chi connectivity index (χ0v) is 10.9. The largest absolute Gasteiger partial charge is 0.444 e. The van der Waals surface area contributed by atoms with E-state index in [1.807, 2.05) is 6.92 Å². The first-order valence-electron chi connectivity index (χ1n) is 5.64. The quantitative estimate of drug-likeness (QED) is 0.493. The van der Waals surface area contributed by atoms with Gasteiger partial charge >= 0.3 is 6.09 Å². The highest BCUT2D eigenvalue weighted by molar-refractivity contribution is 5.68. The average molecular weight is 242 g/mol. The average Bonchev–Trinajstić information content (AvgIpc) is 2.19. The van der Waals surface area contributed by atoms with Crippen LogP contribution in [0.4, 0.5) is 4.79 Å². The number of aliphatic hydroxyl groups excluding tert-OH is 1. The van der Waals surface area contributed by atoms with Crippen molar-refractivity contribution in [3.05, 3.63) is 0 Å². The molecule has 3 N–H and O–H groups in total. The Bertz CT molecular complexity index is 278. The summed E-state index contributed by atoms with van der Waals surface area (Å²) in [5, 5.41) is 15.0. The minimum absolute atomic E-state index is 0.244. The lowest BCUT2D eigenvalue weighted by Crippen LogP contribution is -2.50. The van der Waals surface area contributed by atoms with Gasteiger partial charge in [0, 0.05) is 0 Å². The van der Waals surface area contributed by atoms with Gasteiger partial charge in [-0.2, -0.15) is 0 Å². The molecular formula is C12H22N2O3. The summed E-state index contributed by atoms with van der Waals surface area (Å²) < 4.78 is 5.10. The molecule has 98 valence electrons. The van der Waals surface area contributed by atoms with Crippen LogP contribution >= 0.6 is 0 Å². The maximum atomic E-state index is 11.5. The molecule has 0 aliphatic heterocycles. The molecule has 1 amide bonds. The lowest BCUT2D eigenvalue weighted by molar-refractivity contribution is 0.0380. The molecule has 0 saturated carbocycles. The number of carbonyl (C=O) groups excluding carboxylic acids is 1. The van der Waals surface area contributed by atoms with Crippen LogP contribution in [0.1, 0.15) is 34.1 Å². The van der Waals surface area contributed by atoms with E-state index in [1.54, 1.807) is 20.8 Å². The second-order valence-corrected chi connectivity index (χ2v) is 4.69. The summed E-state index contributed by atoms with van der Waals surface area (Å²) in [6.07, 6.45) is 4.20. The van der Waals surface area contributed by atoms with Crippen molar-refractivity contribution in [2.45, 2.75) is 52.0 Å². The van der Waals surface area contributed by atoms with Crippen molar-refractivity contribution >= 4 is 6.09 Å². The minimum atomic E-state index is -0.886. The molecule has 0 radical (unpaired) electrons. The van der Waals surface area contributed by atoms with Crippen molar-refractivity contribution < 1.29 is 14.6 Å². The van der Waals surface area contributed by atoms with Crippen LogP contribution in [0.25, 0.3) is 0 Å². The van der Waals surface area contributed by atoms with Crippen molar-refractivity contribution in [2.75, 3.05) is 6.54 Å². The van der Waals surface area contributed by atoms with Gasteiger partial charge in [0.05, 0.1) is 12.6 Å². The Morgan fingerprint density at radius 3 is 2.53 bits per heavy atom. The maximum Gasteiger partial charge on any atom is 0.408 e. The van der Waals surface area contributed by atoms with Gasteiger partial charge in [-0.1, -0.05) is 12.8 Å². The number of alkyl carbamates (subject to hydrolysis) is 1. The Balaban J connectivity index is 4.21. The topological polar surface area (TPSA) is 70.6 Å². The van der Waals surface area contributed by atoms with Crippen molar-refractivity contribution in [1.82, 2.24) is 10.6 Å². The molecule has 1 unspecified atom stereocenters. The lowest BCUT2D eigenvalue weighted by atomic mass is 10.2. The molecule has 0 spiro atoms. The number of hydrogen-bond acceptors (Lipinski definition) is 4. The minimum Gasteiger partial charge on any atom is -0.444 e. The number of nitrogens with one attached hydrogen (secondary N) is 2. The first-order chi connectivity index (χ1) is 7.80. The zero-order chi connectivity index (χ0) is 13.5. The SMILES string of the molecule is C#CCNC(O)[C@@H](CC)NC(=O)OC(C)(C)C. The van der Waals surface area contributed by atoms with E-state index < -0.39 is 24.0 Å². The fraction of sp³-hybridized carbons (Fsp3) is 0.750. The molecule has 5 heteroatoms. The van der Waals surface area contributed by atoms with Gasteiger partial charge in [0.1, 0.15) is 11.8 Å². The monoisotopic (exact) mass is 242 g/mol. The fourth-order valence-electron chi connectivity index (χ4n) is 1.17. The van der Waals surface area contributed by atoms with Gasteiger partial charge in [0.25, 0.3) is 0 Å². The Morgan fingerprint density at radius 2 is 2.12 bits per heavy atom. The Labute approximate surface area is 103 Å². The van der Waals surface area contributed by atoms with Crippen LogP contribution in [0.3, 0.4) is 0 Å². The Morgan fingerprint density at radius 1 is 1.53 bits per heavy atom. The lowest BCUT2D eigenvalue weighted by Gasteiger charge is -2.26. The van der Waals surface area contributed by atoms with E-state index in [2.05, 4.69) is 16.6 Å². The van der Waals surface area contributed by atoms with Crippen molar-refractivity contribution in [2.24, 2.45) is 0 Å². The van der Waals surface area contributed by atoms with Crippen LogP contribution in [0.2, 0.25) is 0 Å². The molecule has 5 nitrogen and oxygen atoms in total. The molecule has 0 bridgehead atoms. The predicted molar refractivity (Wildman–Crippen MR) is 66.3 cm³/mol. The number of terminal acetylenes is 1. The van der Waals surface area contributed by atoms with Crippen LogP contribution in [-0.2, 0) is 4.74 Å². The summed E-state index contributed by atoms with van der Waals surface area (Å²) in [6.45, 7) is 7.43. The summed E-state index contributed by atoms with van der Waals surface area (Å²) in [5.74, 6) is 2.35. The first kappa shape index (κ1) is 15.8. The van der Waals surface area contributed by atoms with E-state index in [-0.39, 0.29) is 6.54 Å². The van der Waals surface area contributed by atoms with Crippen LogP contribution in [-0.4, -0.2) is 35.6 Å². The highest BCUT2D eigenvalue weighted by Crippen LogP contribution is 2.07. The molecule has 2 atom stereocenters. The number of hydrogen-bond donors (Lipinski definition) is 3. The molecule has 17 heavy (non-hydrogen) atoms. The van der Waals surface area contributed by atoms with Gasteiger partial charge in [0.2, 0.25) is 0 Å². The molecule has 0 aromatic carbocycles. The summed E-state index contributed by atoms with van der Waals surface area (Å²) in [4.78, 5) is 11.5. The smallest absolute Gasteiger partial charge is 0.408 e. The second-order valence-electron chi connectivity index (χ2n) is 4.69. The zero-order valence-electron chi connectivity index (χ0n) is 10.9. The maximum absolute atomic E-state index is 11.5. The third-order valence-electron chi connectivity index (χ3n) is 1.94. The molecule has 0 fully saturated rings. The molecule has 0 aliphatic carbocycles. The second kappa shape index (κ2) is 7.15. The van der Waals surface area contributed by atoms with Gasteiger partial charge < -0.3 is 15.2 Å². The van der Waals surface area contributed by atoms with E-state index in [1.165, 1.54) is 0 Å². The van der Waals surface area contributed by atoms with E-state index in [9.17, 15) is 9.90 Å². The van der Waals surface area contributed by atoms with E-state index in [4.69, 9.17) is 11.2 Å². The summed E-state index contributed by atoms with van der Waals surface area (Å²) in [7, 11) is 0. The molecule has 0 saturated heterocycles. The molecule has 0 aromatic heterocycles. The molecule has 0 rings (SSSR count). The molecule has 0 aliphatic rings. The van der Waals surface area contributed by atoms with Gasteiger partial charge in [0.15, 0.2) is 0 Å². The van der Waals surface area contributed by atoms with Crippen molar-refractivity contribution in [3.8, 4) is 12.3 Å². The van der Waals surface area contributed by atoms with Gasteiger partial charge in [-0.3, -0.25) is 5.32 Å². The van der Waals surface area contributed by atoms with Gasteiger partial charge in [-0.05, 0) is 27.2 Å². The third kappa shape index (κ3) is 7.61. The Hall–Kier alpha value is -1.25. The Kier molecular flexibility index (Phi) is 6.62. The fourth-order valence-corrected chi connectivity index (χ4v) is 1.17. The molecule has 0 heterocycles. The number of amides is 1. The summed E-state index contributed by atoms with van der Waals surface area (Å²) >= 11 is 0. The van der Waals surface area contributed by atoms with E-state index in [0.29, 0.717) is 6.42 Å².